The highest BCUT2D eigenvalue weighted by molar-refractivity contribution is 14.1. The molecule has 0 radical (unpaired) electrons. The Labute approximate surface area is 137 Å². The van der Waals surface area contributed by atoms with E-state index < -0.39 is 0 Å². The lowest BCUT2D eigenvalue weighted by molar-refractivity contribution is 0.883. The summed E-state index contributed by atoms with van der Waals surface area (Å²) in [6.45, 7) is 2.16. The minimum absolute atomic E-state index is 0.248. The summed E-state index contributed by atoms with van der Waals surface area (Å²) in [5.41, 5.74) is 3.39. The van der Waals surface area contributed by atoms with Gasteiger partial charge in [0.25, 0.3) is 0 Å². The fourth-order valence-electron chi connectivity index (χ4n) is 2.18. The summed E-state index contributed by atoms with van der Waals surface area (Å²) in [4.78, 5) is 0. The van der Waals surface area contributed by atoms with Gasteiger partial charge in [0, 0.05) is 15.3 Å². The van der Waals surface area contributed by atoms with E-state index in [1.54, 1.807) is 12.7 Å². The monoisotopic (exact) mass is 390 g/mol. The van der Waals surface area contributed by atoms with Crippen LogP contribution in [0.2, 0.25) is 0 Å². The molecule has 1 N–H and O–H groups in total. The van der Waals surface area contributed by atoms with Crippen LogP contribution in [0.3, 0.4) is 0 Å². The van der Waals surface area contributed by atoms with Crippen LogP contribution >= 0.6 is 22.6 Å². The Kier molecular flexibility index (Phi) is 4.19. The summed E-state index contributed by atoms with van der Waals surface area (Å²) in [5.74, 6) is 0. The predicted octanol–water partition coefficient (Wildman–Crippen LogP) is 4.05. The van der Waals surface area contributed by atoms with Crippen LogP contribution in [0.4, 0.5) is 5.69 Å². The van der Waals surface area contributed by atoms with E-state index in [9.17, 15) is 0 Å². The summed E-state index contributed by atoms with van der Waals surface area (Å²) in [7, 11) is 0. The third-order valence-corrected chi connectivity index (χ3v) is 4.04. The van der Waals surface area contributed by atoms with Gasteiger partial charge in [0.15, 0.2) is 0 Å². The molecule has 2 aromatic carbocycles. The lowest BCUT2D eigenvalue weighted by atomic mass is 10.1. The number of halogens is 1. The van der Waals surface area contributed by atoms with Crippen molar-refractivity contribution in [2.24, 2.45) is 0 Å². The lowest BCUT2D eigenvalue weighted by Gasteiger charge is -2.16. The molecule has 3 rings (SSSR count). The maximum Gasteiger partial charge on any atom is 0.123 e. The first kappa shape index (κ1) is 14.1. The fourth-order valence-corrected chi connectivity index (χ4v) is 2.53. The van der Waals surface area contributed by atoms with Gasteiger partial charge in [-0.1, -0.05) is 18.2 Å². The molecule has 1 heterocycles. The van der Waals surface area contributed by atoms with Crippen LogP contribution in [-0.2, 0) is 0 Å². The Morgan fingerprint density at radius 1 is 1.05 bits per heavy atom. The molecule has 0 fully saturated rings. The van der Waals surface area contributed by atoms with Crippen LogP contribution in [0, 0.1) is 3.57 Å². The molecule has 106 valence electrons. The maximum absolute atomic E-state index is 3.84. The molecule has 21 heavy (non-hydrogen) atoms. The Morgan fingerprint density at radius 3 is 2.48 bits per heavy atom. The van der Waals surface area contributed by atoms with Crippen molar-refractivity contribution in [3.05, 3.63) is 70.3 Å². The summed E-state index contributed by atoms with van der Waals surface area (Å²) < 4.78 is 3.14. The topological polar surface area (TPSA) is 42.7 Å². The highest BCUT2D eigenvalue weighted by Crippen LogP contribution is 2.21. The van der Waals surface area contributed by atoms with Crippen LogP contribution in [0.1, 0.15) is 18.5 Å². The molecule has 0 aliphatic rings. The van der Waals surface area contributed by atoms with Crippen molar-refractivity contribution < 1.29 is 0 Å². The SMILES string of the molecule is CC(Nc1cccc(-n2cnnc2)c1)c1ccc(I)cc1. The quantitative estimate of drug-likeness (QED) is 0.684. The van der Waals surface area contributed by atoms with Crippen molar-refractivity contribution in [3.63, 3.8) is 0 Å². The number of aromatic nitrogens is 3. The number of anilines is 1. The second-order valence-corrected chi connectivity index (χ2v) is 6.08. The van der Waals surface area contributed by atoms with Crippen LogP contribution in [0.5, 0.6) is 0 Å². The van der Waals surface area contributed by atoms with Crippen molar-refractivity contribution in [1.29, 1.82) is 0 Å². The number of rotatable bonds is 4. The van der Waals surface area contributed by atoms with Gasteiger partial charge in [-0.25, -0.2) is 0 Å². The molecule has 0 bridgehead atoms. The molecule has 3 aromatic rings. The average Bonchev–Trinajstić information content (AvgIpc) is 3.02. The normalized spacial score (nSPS) is 12.1. The van der Waals surface area contributed by atoms with E-state index in [2.05, 4.69) is 81.4 Å². The Hall–Kier alpha value is -1.89. The van der Waals surface area contributed by atoms with Gasteiger partial charge in [-0.05, 0) is 65.4 Å². The molecule has 0 saturated carbocycles. The van der Waals surface area contributed by atoms with Crippen molar-refractivity contribution in [1.82, 2.24) is 14.8 Å². The van der Waals surface area contributed by atoms with E-state index in [4.69, 9.17) is 0 Å². The highest BCUT2D eigenvalue weighted by Gasteiger charge is 2.06. The number of hydrogen-bond acceptors (Lipinski definition) is 3. The van der Waals surface area contributed by atoms with Crippen molar-refractivity contribution in [2.75, 3.05) is 5.32 Å². The molecule has 0 saturated heterocycles. The largest absolute Gasteiger partial charge is 0.378 e. The van der Waals surface area contributed by atoms with Crippen LogP contribution in [0.25, 0.3) is 5.69 Å². The molecular formula is C16H15IN4. The van der Waals surface area contributed by atoms with E-state index in [1.807, 2.05) is 16.7 Å². The van der Waals surface area contributed by atoms with Crippen LogP contribution in [-0.4, -0.2) is 14.8 Å². The van der Waals surface area contributed by atoms with Crippen molar-refractivity contribution >= 4 is 28.3 Å². The van der Waals surface area contributed by atoms with E-state index in [0.717, 1.165) is 11.4 Å². The average molecular weight is 390 g/mol. The number of benzene rings is 2. The summed E-state index contributed by atoms with van der Waals surface area (Å²) in [6.07, 6.45) is 3.39. The molecule has 0 aliphatic carbocycles. The van der Waals surface area contributed by atoms with Gasteiger partial charge < -0.3 is 5.32 Å². The molecule has 4 nitrogen and oxygen atoms in total. The first-order valence-corrected chi connectivity index (χ1v) is 7.77. The smallest absolute Gasteiger partial charge is 0.123 e. The molecule has 0 aliphatic heterocycles. The Balaban J connectivity index is 1.78. The van der Waals surface area contributed by atoms with Crippen LogP contribution < -0.4 is 5.32 Å². The van der Waals surface area contributed by atoms with Gasteiger partial charge in [0.1, 0.15) is 12.7 Å². The minimum Gasteiger partial charge on any atom is -0.378 e. The molecule has 1 unspecified atom stereocenters. The van der Waals surface area contributed by atoms with Crippen molar-refractivity contribution in [2.45, 2.75) is 13.0 Å². The van der Waals surface area contributed by atoms with Gasteiger partial charge in [-0.3, -0.25) is 4.57 Å². The van der Waals surface area contributed by atoms with E-state index in [-0.39, 0.29) is 6.04 Å². The third-order valence-electron chi connectivity index (χ3n) is 3.32. The first-order valence-electron chi connectivity index (χ1n) is 6.69. The van der Waals surface area contributed by atoms with E-state index >= 15 is 0 Å². The zero-order chi connectivity index (χ0) is 14.7. The molecular weight excluding hydrogens is 375 g/mol. The van der Waals surface area contributed by atoms with Gasteiger partial charge in [-0.15, -0.1) is 10.2 Å². The van der Waals surface area contributed by atoms with Gasteiger partial charge in [0.2, 0.25) is 0 Å². The van der Waals surface area contributed by atoms with E-state index in [1.165, 1.54) is 9.13 Å². The zero-order valence-corrected chi connectivity index (χ0v) is 13.7. The molecule has 0 spiro atoms. The molecule has 1 atom stereocenters. The third kappa shape index (κ3) is 3.41. The Bertz CT molecular complexity index is 707. The maximum atomic E-state index is 3.84. The number of nitrogens with one attached hydrogen (secondary N) is 1. The summed E-state index contributed by atoms with van der Waals surface area (Å²) >= 11 is 2.32. The van der Waals surface area contributed by atoms with E-state index in [0.29, 0.717) is 0 Å². The number of nitrogens with zero attached hydrogens (tertiary/aromatic N) is 3. The molecule has 0 amide bonds. The number of hydrogen-bond donors (Lipinski definition) is 1. The first-order chi connectivity index (χ1) is 10.2. The second-order valence-electron chi connectivity index (χ2n) is 4.84. The Morgan fingerprint density at radius 2 is 1.76 bits per heavy atom. The molecule has 1 aromatic heterocycles. The zero-order valence-electron chi connectivity index (χ0n) is 11.6. The fraction of sp³-hybridized carbons (Fsp3) is 0.125. The van der Waals surface area contributed by atoms with Gasteiger partial charge in [-0.2, -0.15) is 0 Å². The minimum atomic E-state index is 0.248. The summed E-state index contributed by atoms with van der Waals surface area (Å²) in [6, 6.07) is 17.0. The van der Waals surface area contributed by atoms with Crippen molar-refractivity contribution in [3.8, 4) is 5.69 Å². The summed E-state index contributed by atoms with van der Waals surface area (Å²) in [5, 5.41) is 11.2. The highest BCUT2D eigenvalue weighted by atomic mass is 127. The lowest BCUT2D eigenvalue weighted by Crippen LogP contribution is -2.06. The van der Waals surface area contributed by atoms with Gasteiger partial charge >= 0.3 is 0 Å². The standard InChI is InChI=1S/C16H15IN4/c1-12(13-5-7-14(17)8-6-13)20-15-3-2-4-16(9-15)21-10-18-19-11-21/h2-12,20H,1H3. The predicted molar refractivity (Wildman–Crippen MR) is 92.6 cm³/mol. The molecule has 5 heteroatoms. The van der Waals surface area contributed by atoms with Gasteiger partial charge in [0.05, 0.1) is 5.69 Å². The second kappa shape index (κ2) is 6.26. The van der Waals surface area contributed by atoms with Crippen LogP contribution in [0.15, 0.2) is 61.2 Å².